The van der Waals surface area contributed by atoms with Crippen molar-refractivity contribution < 1.29 is 80.5 Å². The third-order valence-electron chi connectivity index (χ3n) is 1.00. The molecule has 0 aromatic carbocycles. The first-order valence-electron chi connectivity index (χ1n) is 6.63. The Hall–Kier alpha value is -4.05. The molecule has 0 aliphatic heterocycles. The van der Waals surface area contributed by atoms with E-state index in [4.69, 9.17) is 59.4 Å². The topological polar surface area (TPSA) is 241 Å². The van der Waals surface area contributed by atoms with Crippen molar-refractivity contribution in [2.24, 2.45) is 0 Å². The van der Waals surface area contributed by atoms with Crippen molar-refractivity contribution in [3.63, 3.8) is 0 Å². The Morgan fingerprint density at radius 2 is 0.387 bits per heavy atom. The minimum Gasteiger partial charge on any atom is -0.545 e. The molecular formula is C18H18O12W. The summed E-state index contributed by atoms with van der Waals surface area (Å²) in [5.41, 5.74) is 0. The maximum Gasteiger partial charge on any atom is 6.00 e. The van der Waals surface area contributed by atoms with Crippen LogP contribution in [0.3, 0.4) is 0 Å². The van der Waals surface area contributed by atoms with Crippen molar-refractivity contribution in [1.29, 1.82) is 0 Å². The summed E-state index contributed by atoms with van der Waals surface area (Å²) in [7, 11) is 0. The molecule has 0 rings (SSSR count). The fraction of sp³-hybridized carbons (Fsp3) is 0. The van der Waals surface area contributed by atoms with Crippen LogP contribution in [0.25, 0.3) is 0 Å². The molecule has 0 fully saturated rings. The maximum absolute atomic E-state index is 9.14. The molecule has 0 unspecified atom stereocenters. The van der Waals surface area contributed by atoms with E-state index in [2.05, 4.69) is 39.5 Å². The number of carbonyl (C=O) groups excluding carboxylic acids is 6. The van der Waals surface area contributed by atoms with Gasteiger partial charge in [0.2, 0.25) is 0 Å². The zero-order valence-electron chi connectivity index (χ0n) is 16.0. The quantitative estimate of drug-likeness (QED) is 0.255. The SMILES string of the molecule is C=CC(=O)[O-].C=CC(=O)[O-].C=CC(=O)[O-].C=CC(=O)[O-].C=CC(=O)[O-].C=CC(=O)[O-].[W+6]. The Bertz CT molecular complexity index is 481. The molecular weight excluding hydrogens is 592 g/mol. The Balaban J connectivity index is -0.0000000443. The largest absolute Gasteiger partial charge is 6.00 e. The molecule has 0 bridgehead atoms. The van der Waals surface area contributed by atoms with Gasteiger partial charge in [-0.15, -0.1) is 0 Å². The molecule has 0 amide bonds. The molecule has 0 heterocycles. The van der Waals surface area contributed by atoms with E-state index in [1.165, 1.54) is 0 Å². The maximum atomic E-state index is 9.14. The molecule has 0 saturated heterocycles. The van der Waals surface area contributed by atoms with Gasteiger partial charge in [-0.25, -0.2) is 0 Å². The first-order chi connectivity index (χ1) is 13.6. The standard InChI is InChI=1S/6C3H4O2.W/c6*1-2-3(4)5;/h6*2H,1H2,(H,4,5);/q;;;;;;+6/p-6. The van der Waals surface area contributed by atoms with Crippen LogP contribution in [0.15, 0.2) is 75.9 Å². The number of carboxylic acids is 6. The van der Waals surface area contributed by atoms with Gasteiger partial charge < -0.3 is 59.4 Å². The summed E-state index contributed by atoms with van der Waals surface area (Å²) in [6, 6.07) is 0. The summed E-state index contributed by atoms with van der Waals surface area (Å²) in [4.78, 5) is 54.8. The summed E-state index contributed by atoms with van der Waals surface area (Å²) in [6.07, 6.45) is 4.33. The van der Waals surface area contributed by atoms with Gasteiger partial charge in [-0.05, 0) is 36.5 Å². The van der Waals surface area contributed by atoms with E-state index in [0.717, 1.165) is 36.5 Å². The van der Waals surface area contributed by atoms with Crippen LogP contribution in [0.5, 0.6) is 0 Å². The van der Waals surface area contributed by atoms with Crippen LogP contribution < -0.4 is 30.6 Å². The van der Waals surface area contributed by atoms with E-state index in [1.807, 2.05) is 0 Å². The summed E-state index contributed by atoms with van der Waals surface area (Å²) in [6.45, 7) is 17.4. The third-order valence-corrected chi connectivity index (χ3v) is 1.00. The van der Waals surface area contributed by atoms with Crippen molar-refractivity contribution in [3.8, 4) is 0 Å². The fourth-order valence-corrected chi connectivity index (χ4v) is 0. The first-order valence-corrected chi connectivity index (χ1v) is 6.63. The number of carbonyl (C=O) groups is 6. The van der Waals surface area contributed by atoms with Crippen molar-refractivity contribution in [2.75, 3.05) is 0 Å². The number of rotatable bonds is 6. The fourth-order valence-electron chi connectivity index (χ4n) is 0. The van der Waals surface area contributed by atoms with Crippen LogP contribution in [-0.2, 0) is 49.8 Å². The minimum atomic E-state index is -1.23. The van der Waals surface area contributed by atoms with Gasteiger partial charge in [-0.1, -0.05) is 39.5 Å². The van der Waals surface area contributed by atoms with Crippen LogP contribution in [0.2, 0.25) is 0 Å². The van der Waals surface area contributed by atoms with Crippen LogP contribution in [0.4, 0.5) is 0 Å². The molecule has 0 saturated carbocycles. The monoisotopic (exact) mass is 610 g/mol. The normalized spacial score (nSPS) is 6.19. The molecule has 0 atom stereocenters. The van der Waals surface area contributed by atoms with Crippen LogP contribution in [-0.4, -0.2) is 35.8 Å². The third kappa shape index (κ3) is 236. The number of hydrogen-bond donors (Lipinski definition) is 0. The molecule has 13 heteroatoms. The molecule has 0 aliphatic rings. The van der Waals surface area contributed by atoms with Gasteiger partial charge in [-0.2, -0.15) is 0 Å². The van der Waals surface area contributed by atoms with E-state index in [0.29, 0.717) is 0 Å². The number of hydrogen-bond acceptors (Lipinski definition) is 12. The van der Waals surface area contributed by atoms with Gasteiger partial charge in [0.15, 0.2) is 0 Å². The average Bonchev–Trinajstić information content (AvgIpc) is 2.69. The molecule has 31 heavy (non-hydrogen) atoms. The van der Waals surface area contributed by atoms with Gasteiger partial charge in [0.25, 0.3) is 0 Å². The van der Waals surface area contributed by atoms with E-state index < -0.39 is 35.8 Å². The van der Waals surface area contributed by atoms with Gasteiger partial charge in [0.1, 0.15) is 0 Å². The summed E-state index contributed by atoms with van der Waals surface area (Å²) in [5, 5.41) is 54.8. The number of aliphatic carboxylic acids is 6. The second kappa shape index (κ2) is 40.6. The molecule has 0 spiro atoms. The number of carboxylic acid groups (broad SMARTS) is 6. The molecule has 0 aromatic rings. The Morgan fingerprint density at radius 1 is 0.355 bits per heavy atom. The zero-order valence-corrected chi connectivity index (χ0v) is 18.9. The van der Waals surface area contributed by atoms with Gasteiger partial charge >= 0.3 is 21.1 Å². The van der Waals surface area contributed by atoms with Crippen LogP contribution in [0.1, 0.15) is 0 Å². The first kappa shape index (κ1) is 45.6. The van der Waals surface area contributed by atoms with E-state index in [9.17, 15) is 0 Å². The average molecular weight is 610 g/mol. The van der Waals surface area contributed by atoms with E-state index in [1.54, 1.807) is 0 Å². The second-order valence-electron chi connectivity index (χ2n) is 3.14. The summed E-state index contributed by atoms with van der Waals surface area (Å²) in [5.74, 6) is -7.39. The molecule has 168 valence electrons. The molecule has 0 aliphatic carbocycles. The summed E-state index contributed by atoms with van der Waals surface area (Å²) >= 11 is 0. The van der Waals surface area contributed by atoms with Gasteiger partial charge in [0.05, 0.1) is 35.8 Å². The summed E-state index contributed by atoms with van der Waals surface area (Å²) < 4.78 is 0. The van der Waals surface area contributed by atoms with Crippen molar-refractivity contribution >= 4 is 35.8 Å². The van der Waals surface area contributed by atoms with E-state index >= 15 is 0 Å². The smallest absolute Gasteiger partial charge is 0.545 e. The van der Waals surface area contributed by atoms with Crippen LogP contribution in [0, 0.1) is 0 Å². The predicted molar refractivity (Wildman–Crippen MR) is 91.2 cm³/mol. The molecule has 0 aromatic heterocycles. The van der Waals surface area contributed by atoms with Gasteiger partial charge in [0, 0.05) is 0 Å². The van der Waals surface area contributed by atoms with E-state index in [-0.39, 0.29) is 21.1 Å². The van der Waals surface area contributed by atoms with Crippen molar-refractivity contribution in [1.82, 2.24) is 0 Å². The minimum absolute atomic E-state index is 0. The van der Waals surface area contributed by atoms with Crippen molar-refractivity contribution in [3.05, 3.63) is 75.9 Å². The Morgan fingerprint density at radius 3 is 0.387 bits per heavy atom. The molecule has 0 N–H and O–H groups in total. The molecule has 0 radical (unpaired) electrons. The van der Waals surface area contributed by atoms with Crippen LogP contribution >= 0.6 is 0 Å². The van der Waals surface area contributed by atoms with Gasteiger partial charge in [-0.3, -0.25) is 0 Å². The zero-order chi connectivity index (χ0) is 25.7. The Kier molecular flexibility index (Phi) is 59.7. The predicted octanol–water partition coefficient (Wildman–Crippen LogP) is -6.47. The van der Waals surface area contributed by atoms with Crippen molar-refractivity contribution in [2.45, 2.75) is 0 Å². The Labute approximate surface area is 192 Å². The molecule has 12 nitrogen and oxygen atoms in total. The second-order valence-corrected chi connectivity index (χ2v) is 3.14.